The minimum absolute atomic E-state index is 0.00537. The molecular formula is C17H20O3. The summed E-state index contributed by atoms with van der Waals surface area (Å²) in [4.78, 5) is 11.0. The van der Waals surface area contributed by atoms with E-state index in [1.165, 1.54) is 5.56 Å². The standard InChI is InChI=1S/C9H12O3.C8H8/c1-4-7(8-5-11-8)12-9(10)6(2)3;1-2-8-6-4-3-5-7-8/h4,7-8H,1-2,5H2,3H3;2-7H,1H2. The smallest absolute Gasteiger partial charge is 0.333 e. The van der Waals surface area contributed by atoms with Crippen LogP contribution >= 0.6 is 0 Å². The third-order valence-electron chi connectivity index (χ3n) is 2.58. The highest BCUT2D eigenvalue weighted by atomic mass is 16.6. The Bertz CT molecular complexity index is 472. The summed E-state index contributed by atoms with van der Waals surface area (Å²) in [6.07, 6.45) is 3.08. The first-order valence-electron chi connectivity index (χ1n) is 6.36. The number of rotatable bonds is 5. The van der Waals surface area contributed by atoms with Gasteiger partial charge in [-0.05, 0) is 18.6 Å². The Balaban J connectivity index is 0.000000217. The molecule has 106 valence electrons. The van der Waals surface area contributed by atoms with E-state index in [0.717, 1.165) is 0 Å². The maximum atomic E-state index is 11.0. The summed E-state index contributed by atoms with van der Waals surface area (Å²) < 4.78 is 9.97. The first-order valence-corrected chi connectivity index (χ1v) is 6.36. The monoisotopic (exact) mass is 272 g/mol. The lowest BCUT2D eigenvalue weighted by atomic mass is 10.2. The Hall–Kier alpha value is -2.13. The zero-order valence-electron chi connectivity index (χ0n) is 11.7. The van der Waals surface area contributed by atoms with Gasteiger partial charge in [-0.1, -0.05) is 56.1 Å². The Morgan fingerprint density at radius 2 is 2.00 bits per heavy atom. The highest BCUT2D eigenvalue weighted by Crippen LogP contribution is 2.18. The van der Waals surface area contributed by atoms with Crippen molar-refractivity contribution in [3.05, 3.63) is 67.3 Å². The minimum Gasteiger partial charge on any atom is -0.452 e. The number of benzene rings is 1. The van der Waals surface area contributed by atoms with Gasteiger partial charge in [-0.2, -0.15) is 0 Å². The van der Waals surface area contributed by atoms with Crippen LogP contribution < -0.4 is 0 Å². The van der Waals surface area contributed by atoms with Crippen LogP contribution in [0, 0.1) is 0 Å². The molecule has 0 bridgehead atoms. The molecule has 0 spiro atoms. The zero-order chi connectivity index (χ0) is 15.0. The van der Waals surface area contributed by atoms with Crippen molar-refractivity contribution in [1.82, 2.24) is 0 Å². The Morgan fingerprint density at radius 1 is 1.40 bits per heavy atom. The molecule has 2 rings (SSSR count). The number of hydrogen-bond donors (Lipinski definition) is 0. The third-order valence-corrected chi connectivity index (χ3v) is 2.58. The van der Waals surface area contributed by atoms with E-state index in [-0.39, 0.29) is 12.2 Å². The topological polar surface area (TPSA) is 38.8 Å². The van der Waals surface area contributed by atoms with E-state index >= 15 is 0 Å². The van der Waals surface area contributed by atoms with Crippen LogP contribution in [0.1, 0.15) is 12.5 Å². The minimum atomic E-state index is -0.393. The highest BCUT2D eigenvalue weighted by molar-refractivity contribution is 5.87. The van der Waals surface area contributed by atoms with Crippen molar-refractivity contribution < 1.29 is 14.3 Å². The summed E-state index contributed by atoms with van der Waals surface area (Å²) in [5, 5.41) is 0. The molecule has 0 radical (unpaired) electrons. The predicted molar refractivity (Wildman–Crippen MR) is 81.2 cm³/mol. The second-order valence-electron chi connectivity index (χ2n) is 4.37. The second kappa shape index (κ2) is 8.12. The van der Waals surface area contributed by atoms with Gasteiger partial charge in [0.2, 0.25) is 0 Å². The fourth-order valence-electron chi connectivity index (χ4n) is 1.33. The average Bonchev–Trinajstić information content (AvgIpc) is 3.30. The molecule has 1 aliphatic heterocycles. The van der Waals surface area contributed by atoms with E-state index in [2.05, 4.69) is 19.7 Å². The van der Waals surface area contributed by atoms with Crippen molar-refractivity contribution >= 4 is 12.0 Å². The SMILES string of the molecule is C=CC(OC(=O)C(=C)C)C1CO1.C=Cc1ccccc1. The molecule has 1 fully saturated rings. The van der Waals surface area contributed by atoms with Crippen LogP contribution in [0.4, 0.5) is 0 Å². The van der Waals surface area contributed by atoms with E-state index in [1.807, 2.05) is 36.4 Å². The molecule has 0 N–H and O–H groups in total. The molecule has 1 heterocycles. The molecule has 3 heteroatoms. The van der Waals surface area contributed by atoms with Crippen LogP contribution in [0.3, 0.4) is 0 Å². The molecule has 1 aromatic carbocycles. The maximum absolute atomic E-state index is 11.0. The number of hydrogen-bond acceptors (Lipinski definition) is 3. The quantitative estimate of drug-likeness (QED) is 0.357. The van der Waals surface area contributed by atoms with E-state index in [4.69, 9.17) is 9.47 Å². The van der Waals surface area contributed by atoms with E-state index < -0.39 is 5.97 Å². The Morgan fingerprint density at radius 3 is 2.35 bits per heavy atom. The molecule has 2 unspecified atom stereocenters. The van der Waals surface area contributed by atoms with Gasteiger partial charge >= 0.3 is 5.97 Å². The van der Waals surface area contributed by atoms with Crippen LogP contribution in [-0.4, -0.2) is 24.8 Å². The van der Waals surface area contributed by atoms with Gasteiger partial charge in [-0.25, -0.2) is 4.79 Å². The molecule has 2 atom stereocenters. The fraction of sp³-hybridized carbons (Fsp3) is 0.235. The third kappa shape index (κ3) is 5.67. The highest BCUT2D eigenvalue weighted by Gasteiger charge is 2.33. The van der Waals surface area contributed by atoms with Crippen LogP contribution in [0.25, 0.3) is 6.08 Å². The van der Waals surface area contributed by atoms with E-state index in [0.29, 0.717) is 12.2 Å². The van der Waals surface area contributed by atoms with Gasteiger partial charge in [0, 0.05) is 5.57 Å². The van der Waals surface area contributed by atoms with Crippen LogP contribution in [0.5, 0.6) is 0 Å². The van der Waals surface area contributed by atoms with Crippen molar-refractivity contribution in [3.8, 4) is 0 Å². The number of carbonyl (C=O) groups is 1. The lowest BCUT2D eigenvalue weighted by Gasteiger charge is -2.10. The molecule has 0 amide bonds. The largest absolute Gasteiger partial charge is 0.452 e. The number of carbonyl (C=O) groups excluding carboxylic acids is 1. The molecule has 1 saturated heterocycles. The fourth-order valence-corrected chi connectivity index (χ4v) is 1.33. The summed E-state index contributed by atoms with van der Waals surface area (Å²) in [7, 11) is 0. The van der Waals surface area contributed by atoms with Crippen molar-refractivity contribution in [1.29, 1.82) is 0 Å². The normalized spacial score (nSPS) is 16.9. The van der Waals surface area contributed by atoms with Gasteiger partial charge in [0.15, 0.2) is 0 Å². The second-order valence-corrected chi connectivity index (χ2v) is 4.37. The van der Waals surface area contributed by atoms with Gasteiger partial charge in [0.25, 0.3) is 0 Å². The average molecular weight is 272 g/mol. The van der Waals surface area contributed by atoms with Crippen molar-refractivity contribution in [2.45, 2.75) is 19.1 Å². The summed E-state index contributed by atoms with van der Waals surface area (Å²) >= 11 is 0. The Labute approximate surface area is 120 Å². The summed E-state index contributed by atoms with van der Waals surface area (Å²) in [5.74, 6) is -0.393. The molecule has 0 aliphatic carbocycles. The van der Waals surface area contributed by atoms with Crippen LogP contribution in [0.15, 0.2) is 61.7 Å². The zero-order valence-corrected chi connectivity index (χ0v) is 11.7. The first kappa shape index (κ1) is 15.9. The molecule has 20 heavy (non-hydrogen) atoms. The van der Waals surface area contributed by atoms with E-state index in [1.54, 1.807) is 13.0 Å². The molecule has 1 aliphatic rings. The number of epoxide rings is 1. The lowest BCUT2D eigenvalue weighted by molar-refractivity contribution is -0.142. The van der Waals surface area contributed by atoms with Gasteiger partial charge in [0.05, 0.1) is 6.61 Å². The predicted octanol–water partition coefficient (Wildman–Crippen LogP) is 3.39. The van der Waals surface area contributed by atoms with Crippen molar-refractivity contribution in [2.24, 2.45) is 0 Å². The Kier molecular flexibility index (Phi) is 6.47. The van der Waals surface area contributed by atoms with Crippen molar-refractivity contribution in [3.63, 3.8) is 0 Å². The summed E-state index contributed by atoms with van der Waals surface area (Å²) in [6.45, 7) is 12.9. The van der Waals surface area contributed by atoms with Gasteiger partial charge in [-0.15, -0.1) is 0 Å². The van der Waals surface area contributed by atoms with Crippen LogP contribution in [-0.2, 0) is 14.3 Å². The summed E-state index contributed by atoms with van der Waals surface area (Å²) in [6, 6.07) is 10.0. The van der Waals surface area contributed by atoms with Gasteiger partial charge in [-0.3, -0.25) is 0 Å². The maximum Gasteiger partial charge on any atom is 0.333 e. The molecule has 0 aromatic heterocycles. The molecule has 0 saturated carbocycles. The lowest BCUT2D eigenvalue weighted by Crippen LogP contribution is -2.21. The van der Waals surface area contributed by atoms with Crippen molar-refractivity contribution in [2.75, 3.05) is 6.61 Å². The van der Waals surface area contributed by atoms with Crippen LogP contribution in [0.2, 0.25) is 0 Å². The number of ether oxygens (including phenoxy) is 2. The van der Waals surface area contributed by atoms with E-state index in [9.17, 15) is 4.79 Å². The van der Waals surface area contributed by atoms with Gasteiger partial charge in [0.1, 0.15) is 12.2 Å². The molecule has 1 aromatic rings. The number of esters is 1. The molecule has 3 nitrogen and oxygen atoms in total. The molecular weight excluding hydrogens is 252 g/mol. The van der Waals surface area contributed by atoms with Gasteiger partial charge < -0.3 is 9.47 Å². The first-order chi connectivity index (χ1) is 9.58. The summed E-state index contributed by atoms with van der Waals surface area (Å²) in [5.41, 5.74) is 1.56.